The van der Waals surface area contributed by atoms with Gasteiger partial charge in [0, 0.05) is 6.42 Å². The Morgan fingerprint density at radius 2 is 2.31 bits per heavy atom. The van der Waals surface area contributed by atoms with E-state index in [1.54, 1.807) is 0 Å². The van der Waals surface area contributed by atoms with Crippen LogP contribution in [0.4, 0.5) is 0 Å². The highest BCUT2D eigenvalue weighted by Crippen LogP contribution is 2.08. The van der Waals surface area contributed by atoms with Gasteiger partial charge in [0.05, 0.1) is 0 Å². The fourth-order valence-electron chi connectivity index (χ4n) is 0.829. The van der Waals surface area contributed by atoms with Gasteiger partial charge in [-0.1, -0.05) is 0 Å². The number of aliphatic imine (C=N–C) groups is 1. The summed E-state index contributed by atoms with van der Waals surface area (Å²) in [5.74, 6) is -1.70. The molecule has 13 heavy (non-hydrogen) atoms. The van der Waals surface area contributed by atoms with Crippen LogP contribution in [0, 0.1) is 0 Å². The molecule has 70 valence electrons. The standard InChI is InChI=1S/C6H8N4O3/c7-6-8-5(13)3(9-10-6)1-2-4(11)12/h3H,1-2H2,(H,11,12)(H2,7,8,13). The Morgan fingerprint density at radius 3 is 2.85 bits per heavy atom. The molecule has 1 rings (SSSR count). The van der Waals surface area contributed by atoms with Crippen LogP contribution in [0.25, 0.3) is 0 Å². The van der Waals surface area contributed by atoms with Crippen molar-refractivity contribution in [2.75, 3.05) is 0 Å². The van der Waals surface area contributed by atoms with Crippen molar-refractivity contribution in [1.29, 1.82) is 0 Å². The minimum atomic E-state index is -0.981. The van der Waals surface area contributed by atoms with Crippen molar-refractivity contribution in [1.82, 2.24) is 0 Å². The summed E-state index contributed by atoms with van der Waals surface area (Å²) < 4.78 is 0. The summed E-state index contributed by atoms with van der Waals surface area (Å²) in [5, 5.41) is 15.2. The van der Waals surface area contributed by atoms with Gasteiger partial charge < -0.3 is 10.8 Å². The highest BCUT2D eigenvalue weighted by molar-refractivity contribution is 5.96. The van der Waals surface area contributed by atoms with Gasteiger partial charge in [-0.2, -0.15) is 10.1 Å². The number of aliphatic carboxylic acids is 1. The molecule has 0 bridgehead atoms. The Labute approximate surface area is 73.4 Å². The lowest BCUT2D eigenvalue weighted by Crippen LogP contribution is -2.25. The van der Waals surface area contributed by atoms with Crippen molar-refractivity contribution < 1.29 is 14.7 Å². The zero-order valence-electron chi connectivity index (χ0n) is 6.67. The Morgan fingerprint density at radius 1 is 1.62 bits per heavy atom. The lowest BCUT2D eigenvalue weighted by atomic mass is 10.1. The van der Waals surface area contributed by atoms with E-state index in [0.717, 1.165) is 0 Å². The van der Waals surface area contributed by atoms with Crippen LogP contribution in [0.15, 0.2) is 15.2 Å². The van der Waals surface area contributed by atoms with Crippen molar-refractivity contribution in [3.05, 3.63) is 0 Å². The Balaban J connectivity index is 2.50. The van der Waals surface area contributed by atoms with Crippen molar-refractivity contribution in [3.8, 4) is 0 Å². The minimum Gasteiger partial charge on any atom is -0.481 e. The molecule has 0 saturated carbocycles. The SMILES string of the molecule is NC1=NC(=O)C(CCC(=O)O)N=N1. The van der Waals surface area contributed by atoms with Crippen molar-refractivity contribution in [3.63, 3.8) is 0 Å². The van der Waals surface area contributed by atoms with Gasteiger partial charge in [0.25, 0.3) is 5.91 Å². The second kappa shape index (κ2) is 3.74. The first kappa shape index (κ1) is 9.30. The van der Waals surface area contributed by atoms with Crippen LogP contribution in [0.5, 0.6) is 0 Å². The smallest absolute Gasteiger partial charge is 0.303 e. The van der Waals surface area contributed by atoms with Gasteiger partial charge in [0.2, 0.25) is 5.96 Å². The molecule has 0 aromatic rings. The summed E-state index contributed by atoms with van der Waals surface area (Å²) in [4.78, 5) is 24.5. The molecule has 1 aliphatic heterocycles. The molecule has 0 fully saturated rings. The number of carbonyl (C=O) groups is 2. The molecule has 1 aliphatic rings. The number of carboxylic acids is 1. The third-order valence-electron chi connectivity index (χ3n) is 1.44. The quantitative estimate of drug-likeness (QED) is 0.616. The highest BCUT2D eigenvalue weighted by Gasteiger charge is 2.21. The van der Waals surface area contributed by atoms with Gasteiger partial charge in [0.15, 0.2) is 6.04 Å². The number of hydrogen-bond donors (Lipinski definition) is 2. The molecule has 1 unspecified atom stereocenters. The van der Waals surface area contributed by atoms with Crippen molar-refractivity contribution >= 4 is 17.8 Å². The summed E-state index contributed by atoms with van der Waals surface area (Å²) in [5.41, 5.74) is 5.10. The van der Waals surface area contributed by atoms with Gasteiger partial charge in [0.1, 0.15) is 0 Å². The van der Waals surface area contributed by atoms with Crippen LogP contribution in [0.3, 0.4) is 0 Å². The predicted octanol–water partition coefficient (Wildman–Crippen LogP) is -0.473. The molecular weight excluding hydrogens is 176 g/mol. The van der Waals surface area contributed by atoms with Gasteiger partial charge in [-0.15, -0.1) is 5.11 Å². The number of carbonyl (C=O) groups excluding carboxylic acids is 1. The zero-order valence-corrected chi connectivity index (χ0v) is 6.67. The molecular formula is C6H8N4O3. The number of amides is 1. The van der Waals surface area contributed by atoms with E-state index in [-0.39, 0.29) is 18.8 Å². The minimum absolute atomic E-state index is 0.106. The van der Waals surface area contributed by atoms with Gasteiger partial charge in [-0.25, -0.2) is 0 Å². The lowest BCUT2D eigenvalue weighted by Gasteiger charge is -2.08. The number of azo groups is 1. The monoisotopic (exact) mass is 184 g/mol. The first-order valence-corrected chi connectivity index (χ1v) is 3.60. The van der Waals surface area contributed by atoms with Crippen molar-refractivity contribution in [2.45, 2.75) is 18.9 Å². The number of carboxylic acid groups (broad SMARTS) is 1. The van der Waals surface area contributed by atoms with Crippen LogP contribution in [0.1, 0.15) is 12.8 Å². The largest absolute Gasteiger partial charge is 0.481 e. The number of hydrogen-bond acceptors (Lipinski definition) is 5. The van der Waals surface area contributed by atoms with Crippen LogP contribution in [-0.4, -0.2) is 29.0 Å². The average molecular weight is 184 g/mol. The van der Waals surface area contributed by atoms with E-state index in [4.69, 9.17) is 10.8 Å². The maximum atomic E-state index is 11.0. The predicted molar refractivity (Wildman–Crippen MR) is 42.1 cm³/mol. The summed E-state index contributed by atoms with van der Waals surface area (Å²) in [6.45, 7) is 0. The summed E-state index contributed by atoms with van der Waals surface area (Å²) in [7, 11) is 0. The van der Waals surface area contributed by atoms with Crippen LogP contribution < -0.4 is 5.73 Å². The third kappa shape index (κ3) is 2.62. The summed E-state index contributed by atoms with van der Waals surface area (Å²) in [6, 6.07) is -0.789. The second-order valence-corrected chi connectivity index (χ2v) is 2.47. The molecule has 1 atom stereocenters. The number of nitrogens with zero attached hydrogens (tertiary/aromatic N) is 3. The van der Waals surface area contributed by atoms with Crippen LogP contribution in [0.2, 0.25) is 0 Å². The molecule has 0 saturated heterocycles. The van der Waals surface area contributed by atoms with Gasteiger partial charge >= 0.3 is 5.97 Å². The normalized spacial score (nSPS) is 21.4. The maximum absolute atomic E-state index is 11.0. The van der Waals surface area contributed by atoms with E-state index in [9.17, 15) is 9.59 Å². The van der Waals surface area contributed by atoms with Gasteiger partial charge in [-0.3, -0.25) is 9.59 Å². The number of nitrogens with two attached hydrogens (primary N) is 1. The molecule has 1 heterocycles. The molecule has 7 heteroatoms. The first-order chi connectivity index (χ1) is 6.09. The lowest BCUT2D eigenvalue weighted by molar-refractivity contribution is -0.137. The maximum Gasteiger partial charge on any atom is 0.303 e. The molecule has 0 radical (unpaired) electrons. The van der Waals surface area contributed by atoms with Crippen molar-refractivity contribution in [2.24, 2.45) is 21.0 Å². The average Bonchev–Trinajstić information content (AvgIpc) is 2.02. The molecule has 0 aliphatic carbocycles. The number of rotatable bonds is 3. The molecule has 1 amide bonds. The van der Waals surface area contributed by atoms with E-state index in [2.05, 4.69) is 15.2 Å². The van der Waals surface area contributed by atoms with Gasteiger partial charge in [-0.05, 0) is 6.42 Å². The fourth-order valence-corrected chi connectivity index (χ4v) is 0.829. The van der Waals surface area contributed by atoms with E-state index in [1.807, 2.05) is 0 Å². The van der Waals surface area contributed by atoms with Crippen LogP contribution >= 0.6 is 0 Å². The summed E-state index contributed by atoms with van der Waals surface area (Å²) in [6.07, 6.45) is -0.0285. The molecule has 0 spiro atoms. The fraction of sp³-hybridized carbons (Fsp3) is 0.500. The Bertz CT molecular complexity index is 296. The Hall–Kier alpha value is -1.79. The topological polar surface area (TPSA) is 117 Å². The number of guanidine groups is 1. The summed E-state index contributed by atoms with van der Waals surface area (Å²) >= 11 is 0. The molecule has 7 nitrogen and oxygen atoms in total. The first-order valence-electron chi connectivity index (χ1n) is 3.60. The van der Waals surface area contributed by atoms with Crippen LogP contribution in [-0.2, 0) is 9.59 Å². The molecule has 3 N–H and O–H groups in total. The molecule has 0 aromatic heterocycles. The van der Waals surface area contributed by atoms with E-state index in [0.29, 0.717) is 0 Å². The highest BCUT2D eigenvalue weighted by atomic mass is 16.4. The third-order valence-corrected chi connectivity index (χ3v) is 1.44. The van der Waals surface area contributed by atoms with E-state index >= 15 is 0 Å². The second-order valence-electron chi connectivity index (χ2n) is 2.47. The van der Waals surface area contributed by atoms with E-state index in [1.165, 1.54) is 0 Å². The Kier molecular flexibility index (Phi) is 2.68. The molecule has 0 aromatic carbocycles. The zero-order chi connectivity index (χ0) is 9.84. The van der Waals surface area contributed by atoms with E-state index < -0.39 is 17.9 Å².